The molecule has 4 atom stereocenters. The molecule has 1 amide bonds. The Labute approximate surface area is 196 Å². The van der Waals surface area contributed by atoms with E-state index in [0.29, 0.717) is 15.4 Å². The fourth-order valence-corrected chi connectivity index (χ4v) is 8.00. The van der Waals surface area contributed by atoms with E-state index in [4.69, 9.17) is 4.43 Å². The minimum atomic E-state index is -2.10. The predicted molar refractivity (Wildman–Crippen MR) is 128 cm³/mol. The Balaban J connectivity index is 1.77. The van der Waals surface area contributed by atoms with Crippen LogP contribution in [0.25, 0.3) is 0 Å². The van der Waals surface area contributed by atoms with Crippen LogP contribution in [-0.4, -0.2) is 56.7 Å². The molecule has 1 fully saturated rings. The van der Waals surface area contributed by atoms with Crippen molar-refractivity contribution < 1.29 is 28.4 Å². The second kappa shape index (κ2) is 9.06. The topological polar surface area (TPSA) is 104 Å². The Hall–Kier alpha value is -1.46. The van der Waals surface area contributed by atoms with Crippen LogP contribution >= 0.6 is 11.8 Å². The number of thioether (sulfide) groups is 1. The molecule has 0 aromatic heterocycles. The van der Waals surface area contributed by atoms with Crippen LogP contribution < -0.4 is 0 Å². The molecule has 1 saturated heterocycles. The van der Waals surface area contributed by atoms with Gasteiger partial charge in [-0.1, -0.05) is 32.9 Å². The highest BCUT2D eigenvalue weighted by atomic mass is 32.2. The van der Waals surface area contributed by atoms with Gasteiger partial charge in [0.2, 0.25) is 5.91 Å². The summed E-state index contributed by atoms with van der Waals surface area (Å²) in [5.74, 6) is -1.85. The number of carbonyl (C=O) groups excluding carboxylic acids is 1. The van der Waals surface area contributed by atoms with Crippen LogP contribution in [0.4, 0.5) is 0 Å². The molecule has 3 rings (SSSR count). The largest absolute Gasteiger partial charge is 0.477 e. The van der Waals surface area contributed by atoms with Crippen molar-refractivity contribution in [2.75, 3.05) is 5.75 Å². The number of carboxylic acid groups (broad SMARTS) is 1. The van der Waals surface area contributed by atoms with Gasteiger partial charge in [-0.15, -0.1) is 11.8 Å². The quantitative estimate of drug-likeness (QED) is 0.418. The summed E-state index contributed by atoms with van der Waals surface area (Å²) < 4.78 is 19.3. The van der Waals surface area contributed by atoms with Crippen molar-refractivity contribution in [2.24, 2.45) is 5.92 Å². The summed E-state index contributed by atoms with van der Waals surface area (Å²) in [6, 6.07) is 6.71. The van der Waals surface area contributed by atoms with Gasteiger partial charge in [-0.2, -0.15) is 0 Å². The van der Waals surface area contributed by atoms with Crippen molar-refractivity contribution in [2.45, 2.75) is 68.8 Å². The monoisotopic (exact) mass is 497 g/mol. The van der Waals surface area contributed by atoms with E-state index in [-0.39, 0.29) is 40.5 Å². The van der Waals surface area contributed by atoms with E-state index in [1.807, 2.05) is 6.92 Å². The lowest BCUT2D eigenvalue weighted by Crippen LogP contribution is -2.62. The maximum absolute atomic E-state index is 13.0. The summed E-state index contributed by atoms with van der Waals surface area (Å²) >= 11 is 1.31. The number of carboxylic acids is 1. The molecule has 0 aliphatic carbocycles. The first-order valence-electron chi connectivity index (χ1n) is 10.5. The fourth-order valence-electron chi connectivity index (χ4n) is 3.61. The maximum Gasteiger partial charge on any atom is 0.353 e. The number of aliphatic carboxylic acids is 1. The number of rotatable bonds is 8. The highest BCUT2D eigenvalue weighted by Crippen LogP contribution is 2.52. The third kappa shape index (κ3) is 4.61. The fraction of sp³-hybridized carbons (Fsp3) is 0.545. The van der Waals surface area contributed by atoms with Crippen LogP contribution in [0.1, 0.15) is 33.3 Å². The van der Waals surface area contributed by atoms with E-state index in [9.17, 15) is 24.0 Å². The second-order valence-electron chi connectivity index (χ2n) is 9.69. The number of carbonyl (C=O) groups is 2. The minimum Gasteiger partial charge on any atom is -0.477 e. The van der Waals surface area contributed by atoms with Gasteiger partial charge in [0.05, 0.1) is 35.2 Å². The number of fused-ring (bicyclic) bond motifs is 1. The molecule has 10 heteroatoms. The third-order valence-electron chi connectivity index (χ3n) is 6.48. The molecule has 2 aliphatic heterocycles. The summed E-state index contributed by atoms with van der Waals surface area (Å²) in [5.41, 5.74) is 0.640. The van der Waals surface area contributed by atoms with Crippen molar-refractivity contribution in [3.05, 3.63) is 40.4 Å². The SMILES string of the molecule is C[C@@H](O[Si](C)(C)C(C)(C)C)[C@H]1C(=O)N2C(C(=O)O)=C(CS(=O)c3ccc(CO)cc3)S[C@H]12. The van der Waals surface area contributed by atoms with Crippen LogP contribution in [0.5, 0.6) is 0 Å². The number of aliphatic hydroxyl groups excluding tert-OH is 1. The summed E-state index contributed by atoms with van der Waals surface area (Å²) in [5, 5.41) is 18.6. The van der Waals surface area contributed by atoms with Gasteiger partial charge in [-0.05, 0) is 42.8 Å². The van der Waals surface area contributed by atoms with Gasteiger partial charge in [-0.25, -0.2) is 4.79 Å². The molecule has 176 valence electrons. The van der Waals surface area contributed by atoms with Gasteiger partial charge >= 0.3 is 5.97 Å². The van der Waals surface area contributed by atoms with Crippen molar-refractivity contribution in [1.82, 2.24) is 4.90 Å². The minimum absolute atomic E-state index is 0.00529. The molecule has 1 unspecified atom stereocenters. The summed E-state index contributed by atoms with van der Waals surface area (Å²) in [7, 11) is -3.57. The smallest absolute Gasteiger partial charge is 0.353 e. The van der Waals surface area contributed by atoms with Crippen molar-refractivity contribution >= 4 is 42.8 Å². The molecule has 0 bridgehead atoms. The predicted octanol–water partition coefficient (Wildman–Crippen LogP) is 3.52. The lowest BCUT2D eigenvalue weighted by atomic mass is 9.92. The van der Waals surface area contributed by atoms with Gasteiger partial charge in [0.25, 0.3) is 0 Å². The maximum atomic E-state index is 13.0. The molecule has 2 heterocycles. The van der Waals surface area contributed by atoms with E-state index in [1.54, 1.807) is 24.3 Å². The number of hydrogen-bond donors (Lipinski definition) is 2. The Kier molecular flexibility index (Phi) is 7.12. The molecule has 7 nitrogen and oxygen atoms in total. The lowest BCUT2D eigenvalue weighted by molar-refractivity contribution is -0.156. The highest BCUT2D eigenvalue weighted by Gasteiger charge is 2.59. The number of amides is 1. The molecule has 1 aromatic carbocycles. The first kappa shape index (κ1) is 25.2. The van der Waals surface area contributed by atoms with Crippen molar-refractivity contribution in [1.29, 1.82) is 0 Å². The molecular weight excluding hydrogens is 466 g/mol. The molecule has 32 heavy (non-hydrogen) atoms. The average Bonchev–Trinajstić information content (AvgIpc) is 3.01. The Morgan fingerprint density at radius 1 is 1.28 bits per heavy atom. The van der Waals surface area contributed by atoms with Gasteiger partial charge < -0.3 is 14.6 Å². The Morgan fingerprint density at radius 2 is 1.88 bits per heavy atom. The van der Waals surface area contributed by atoms with Crippen molar-refractivity contribution in [3.63, 3.8) is 0 Å². The van der Waals surface area contributed by atoms with E-state index in [1.165, 1.54) is 16.7 Å². The van der Waals surface area contributed by atoms with E-state index in [2.05, 4.69) is 33.9 Å². The average molecular weight is 498 g/mol. The first-order valence-corrected chi connectivity index (χ1v) is 15.6. The molecule has 0 spiro atoms. The summed E-state index contributed by atoms with van der Waals surface area (Å²) in [6.45, 7) is 12.4. The molecule has 0 saturated carbocycles. The normalized spacial score (nSPS) is 23.1. The van der Waals surface area contributed by atoms with Gasteiger partial charge in [0.1, 0.15) is 11.1 Å². The number of benzene rings is 1. The standard InChI is InChI=1S/C22H31NO6S2Si/c1-13(29-32(5,6)22(2,3)4)17-19(25)23-18(21(26)27)16(30-20(17)23)12-31(28)15-9-7-14(11-24)8-10-15/h7-10,13,17,20,24H,11-12H2,1-6H3,(H,26,27)/t13-,17+,20-,31?/m1/s1. The zero-order valence-electron chi connectivity index (χ0n) is 19.2. The van der Waals surface area contributed by atoms with E-state index in [0.717, 1.165) is 0 Å². The highest BCUT2D eigenvalue weighted by molar-refractivity contribution is 8.05. The van der Waals surface area contributed by atoms with Gasteiger partial charge in [0.15, 0.2) is 8.32 Å². The summed E-state index contributed by atoms with van der Waals surface area (Å²) in [6.07, 6.45) is -0.330. The van der Waals surface area contributed by atoms with Gasteiger partial charge in [0, 0.05) is 9.80 Å². The lowest BCUT2D eigenvalue weighted by Gasteiger charge is -2.48. The number of hydrogen-bond acceptors (Lipinski definition) is 6. The molecule has 1 aromatic rings. The number of aliphatic hydroxyl groups is 1. The molecule has 0 radical (unpaired) electrons. The zero-order chi connectivity index (χ0) is 24.0. The molecule has 2 N–H and O–H groups in total. The number of β-lactam (4-membered cyclic amide) rings is 1. The van der Waals surface area contributed by atoms with Gasteiger partial charge in [-0.3, -0.25) is 13.9 Å². The van der Waals surface area contributed by atoms with Crippen LogP contribution in [0.3, 0.4) is 0 Å². The Bertz CT molecular complexity index is 970. The zero-order valence-corrected chi connectivity index (χ0v) is 21.9. The van der Waals surface area contributed by atoms with Crippen LogP contribution in [0.15, 0.2) is 39.8 Å². The third-order valence-corrected chi connectivity index (χ3v) is 14.0. The van der Waals surface area contributed by atoms with Crippen molar-refractivity contribution in [3.8, 4) is 0 Å². The number of nitrogens with zero attached hydrogens (tertiary/aromatic N) is 1. The summed E-state index contributed by atoms with van der Waals surface area (Å²) in [4.78, 5) is 27.2. The van der Waals surface area contributed by atoms with Crippen LogP contribution in [0.2, 0.25) is 18.1 Å². The van der Waals surface area contributed by atoms with E-state index < -0.39 is 31.0 Å². The first-order chi connectivity index (χ1) is 14.8. The van der Waals surface area contributed by atoms with Crippen LogP contribution in [0, 0.1) is 5.92 Å². The second-order valence-corrected chi connectivity index (χ2v) is 17.1. The van der Waals surface area contributed by atoms with E-state index >= 15 is 0 Å². The van der Waals surface area contributed by atoms with Crippen LogP contribution in [-0.2, 0) is 31.4 Å². The molecular formula is C22H31NO6S2Si. The molecule has 2 aliphatic rings. The Morgan fingerprint density at radius 3 is 2.38 bits per heavy atom.